The van der Waals surface area contributed by atoms with Gasteiger partial charge in [-0.2, -0.15) is 0 Å². The molecule has 3 atom stereocenters. The molecule has 0 aromatic carbocycles. The Labute approximate surface area is 98.6 Å². The molecule has 2 rings (SSSR count). The third-order valence-corrected chi connectivity index (χ3v) is 4.39. The average Bonchev–Trinajstić information content (AvgIpc) is 2.84. The molecule has 1 amide bonds. The maximum atomic E-state index is 12.2. The van der Waals surface area contributed by atoms with Gasteiger partial charge in [0.1, 0.15) is 6.04 Å². The van der Waals surface area contributed by atoms with Crippen LogP contribution < -0.4 is 5.32 Å². The summed E-state index contributed by atoms with van der Waals surface area (Å²) in [4.78, 5) is 24.8. The summed E-state index contributed by atoms with van der Waals surface area (Å²) in [5.74, 6) is -0.434. The fourth-order valence-corrected chi connectivity index (χ4v) is 3.42. The predicted molar refractivity (Wildman–Crippen MR) is 61.2 cm³/mol. The van der Waals surface area contributed by atoms with Crippen molar-refractivity contribution in [2.24, 2.45) is 5.92 Å². The van der Waals surface area contributed by atoms with E-state index in [4.69, 9.17) is 5.11 Å². The van der Waals surface area contributed by atoms with E-state index >= 15 is 0 Å². The van der Waals surface area contributed by atoms with E-state index in [0.717, 1.165) is 13.0 Å². The maximum Gasteiger partial charge on any atom is 0.327 e. The van der Waals surface area contributed by atoms with Crippen LogP contribution in [0, 0.1) is 5.92 Å². The van der Waals surface area contributed by atoms with Crippen molar-refractivity contribution in [3.05, 3.63) is 0 Å². The van der Waals surface area contributed by atoms with Crippen molar-refractivity contribution in [2.75, 3.05) is 18.8 Å². The van der Waals surface area contributed by atoms with Gasteiger partial charge in [0, 0.05) is 12.3 Å². The number of amides is 1. The van der Waals surface area contributed by atoms with Gasteiger partial charge in [-0.15, -0.1) is 11.8 Å². The molecule has 2 heterocycles. The van der Waals surface area contributed by atoms with E-state index < -0.39 is 12.0 Å². The van der Waals surface area contributed by atoms with Crippen LogP contribution in [0.25, 0.3) is 0 Å². The molecule has 2 fully saturated rings. The molecule has 0 radical (unpaired) electrons. The first-order chi connectivity index (χ1) is 7.61. The lowest BCUT2D eigenvalue weighted by molar-refractivity contribution is -0.150. The lowest BCUT2D eigenvalue weighted by Crippen LogP contribution is -2.47. The van der Waals surface area contributed by atoms with Gasteiger partial charge < -0.3 is 15.3 Å². The van der Waals surface area contributed by atoms with E-state index in [1.165, 1.54) is 11.8 Å². The molecule has 90 valence electrons. The lowest BCUT2D eigenvalue weighted by atomic mass is 10.1. The van der Waals surface area contributed by atoms with Gasteiger partial charge in [-0.3, -0.25) is 4.79 Å². The zero-order valence-electron chi connectivity index (χ0n) is 9.18. The molecule has 16 heavy (non-hydrogen) atoms. The van der Waals surface area contributed by atoms with Crippen LogP contribution >= 0.6 is 11.8 Å². The Morgan fingerprint density at radius 3 is 2.81 bits per heavy atom. The molecule has 0 aromatic heterocycles. The molecule has 2 N–H and O–H groups in total. The third kappa shape index (κ3) is 2.04. The standard InChI is InChI=1S/C10H16N2O3S/c1-6-12(8(5-16-6)10(14)15)9(13)7-2-3-11-4-7/h6-8,11H,2-5H2,1H3,(H,14,15). The molecule has 0 bridgehead atoms. The molecule has 0 aliphatic carbocycles. The number of rotatable bonds is 2. The normalized spacial score (nSPS) is 34.3. The molecule has 2 aliphatic rings. The number of thioether (sulfide) groups is 1. The molecular weight excluding hydrogens is 228 g/mol. The SMILES string of the molecule is CC1SCC(C(=O)O)N1C(=O)C1CCNC1. The molecule has 3 unspecified atom stereocenters. The number of hydrogen-bond acceptors (Lipinski definition) is 4. The van der Waals surface area contributed by atoms with E-state index in [9.17, 15) is 9.59 Å². The number of nitrogens with zero attached hydrogens (tertiary/aromatic N) is 1. The minimum absolute atomic E-state index is 0.00472. The zero-order chi connectivity index (χ0) is 11.7. The number of carbonyl (C=O) groups is 2. The van der Waals surface area contributed by atoms with Crippen molar-refractivity contribution in [3.63, 3.8) is 0 Å². The van der Waals surface area contributed by atoms with Crippen molar-refractivity contribution in [2.45, 2.75) is 24.8 Å². The van der Waals surface area contributed by atoms with Crippen LogP contribution in [0.5, 0.6) is 0 Å². The van der Waals surface area contributed by atoms with Crippen molar-refractivity contribution >= 4 is 23.6 Å². The second kappa shape index (κ2) is 4.63. The first-order valence-corrected chi connectivity index (χ1v) is 6.53. The fraction of sp³-hybridized carbons (Fsp3) is 0.800. The van der Waals surface area contributed by atoms with Crippen molar-refractivity contribution in [1.82, 2.24) is 10.2 Å². The minimum Gasteiger partial charge on any atom is -0.480 e. The van der Waals surface area contributed by atoms with E-state index in [1.807, 2.05) is 6.92 Å². The van der Waals surface area contributed by atoms with Gasteiger partial charge in [0.25, 0.3) is 0 Å². The van der Waals surface area contributed by atoms with E-state index in [1.54, 1.807) is 4.90 Å². The van der Waals surface area contributed by atoms with Gasteiger partial charge in [-0.25, -0.2) is 4.79 Å². The summed E-state index contributed by atoms with van der Waals surface area (Å²) in [5, 5.41) is 12.2. The Morgan fingerprint density at radius 2 is 2.25 bits per heavy atom. The molecule has 6 heteroatoms. The Balaban J connectivity index is 2.10. The third-order valence-electron chi connectivity index (χ3n) is 3.17. The molecule has 5 nitrogen and oxygen atoms in total. The fourth-order valence-electron chi connectivity index (χ4n) is 2.24. The van der Waals surface area contributed by atoms with Crippen LogP contribution in [0.3, 0.4) is 0 Å². The zero-order valence-corrected chi connectivity index (χ0v) is 10.00. The maximum absolute atomic E-state index is 12.2. The van der Waals surface area contributed by atoms with E-state index in [-0.39, 0.29) is 17.2 Å². The second-order valence-corrected chi connectivity index (χ2v) is 5.57. The summed E-state index contributed by atoms with van der Waals surface area (Å²) in [6.45, 7) is 3.43. The van der Waals surface area contributed by atoms with Crippen LogP contribution in [0.1, 0.15) is 13.3 Å². The summed E-state index contributed by atoms with van der Waals surface area (Å²) in [7, 11) is 0. The van der Waals surface area contributed by atoms with E-state index in [0.29, 0.717) is 12.3 Å². The second-order valence-electron chi connectivity index (χ2n) is 4.22. The van der Waals surface area contributed by atoms with Crippen LogP contribution in [0.15, 0.2) is 0 Å². The van der Waals surface area contributed by atoms with Crippen LogP contribution in [0.2, 0.25) is 0 Å². The quantitative estimate of drug-likeness (QED) is 0.714. The molecule has 2 aliphatic heterocycles. The number of hydrogen-bond donors (Lipinski definition) is 2. The van der Waals surface area contributed by atoms with Gasteiger partial charge in [-0.1, -0.05) is 0 Å². The minimum atomic E-state index is -0.892. The van der Waals surface area contributed by atoms with Crippen LogP contribution in [-0.4, -0.2) is 52.1 Å². The van der Waals surface area contributed by atoms with E-state index in [2.05, 4.69) is 5.32 Å². The summed E-state index contributed by atoms with van der Waals surface area (Å²) < 4.78 is 0. The molecule has 0 aromatic rings. The Morgan fingerprint density at radius 1 is 1.50 bits per heavy atom. The highest BCUT2D eigenvalue weighted by atomic mass is 32.2. The Kier molecular flexibility index (Phi) is 3.39. The summed E-state index contributed by atoms with van der Waals surface area (Å²) in [6, 6.07) is -0.645. The number of aliphatic carboxylic acids is 1. The predicted octanol–water partition coefficient (Wildman–Crippen LogP) is -0.0295. The van der Waals surface area contributed by atoms with Crippen molar-refractivity contribution in [1.29, 1.82) is 0 Å². The molecule has 0 saturated carbocycles. The highest BCUT2D eigenvalue weighted by molar-refractivity contribution is 8.00. The smallest absolute Gasteiger partial charge is 0.327 e. The Hall–Kier alpha value is -0.750. The van der Waals surface area contributed by atoms with Crippen molar-refractivity contribution < 1.29 is 14.7 Å². The molecule has 2 saturated heterocycles. The van der Waals surface area contributed by atoms with Gasteiger partial charge >= 0.3 is 5.97 Å². The monoisotopic (exact) mass is 244 g/mol. The van der Waals surface area contributed by atoms with Crippen LogP contribution in [-0.2, 0) is 9.59 Å². The van der Waals surface area contributed by atoms with Gasteiger partial charge in [0.2, 0.25) is 5.91 Å². The lowest BCUT2D eigenvalue weighted by Gasteiger charge is -2.27. The summed E-state index contributed by atoms with van der Waals surface area (Å²) in [6.07, 6.45) is 0.819. The van der Waals surface area contributed by atoms with Gasteiger partial charge in [0.15, 0.2) is 0 Å². The van der Waals surface area contributed by atoms with Gasteiger partial charge in [0.05, 0.1) is 11.3 Å². The van der Waals surface area contributed by atoms with Gasteiger partial charge in [-0.05, 0) is 19.9 Å². The molecule has 0 spiro atoms. The molecular formula is C10H16N2O3S. The highest BCUT2D eigenvalue weighted by Gasteiger charge is 2.42. The number of carboxylic acids is 1. The first kappa shape index (κ1) is 11.7. The number of carboxylic acid groups (broad SMARTS) is 1. The number of nitrogens with one attached hydrogen (secondary N) is 1. The number of carbonyl (C=O) groups excluding carboxylic acids is 1. The summed E-state index contributed by atoms with van der Waals surface area (Å²) >= 11 is 1.53. The summed E-state index contributed by atoms with van der Waals surface area (Å²) in [5.41, 5.74) is 0. The van der Waals surface area contributed by atoms with Crippen LogP contribution in [0.4, 0.5) is 0 Å². The largest absolute Gasteiger partial charge is 0.480 e. The average molecular weight is 244 g/mol. The van der Waals surface area contributed by atoms with Crippen molar-refractivity contribution in [3.8, 4) is 0 Å². The highest BCUT2D eigenvalue weighted by Crippen LogP contribution is 2.31. The Bertz CT molecular complexity index is 304. The topological polar surface area (TPSA) is 69.6 Å². The first-order valence-electron chi connectivity index (χ1n) is 5.48.